The van der Waals surface area contributed by atoms with Crippen LogP contribution < -0.4 is 4.90 Å². The first kappa shape index (κ1) is 23.5. The Morgan fingerprint density at radius 2 is 2.03 bits per heavy atom. The van der Waals surface area contributed by atoms with Crippen LogP contribution in [0.3, 0.4) is 0 Å². The van der Waals surface area contributed by atoms with E-state index in [-0.39, 0.29) is 38.1 Å². The Morgan fingerprint density at radius 3 is 2.67 bits per heavy atom. The highest BCUT2D eigenvalue weighted by molar-refractivity contribution is 6.30. The molecule has 3 fully saturated rings. The number of hydrogen-bond acceptors (Lipinski definition) is 6. The molecule has 2 amide bonds. The van der Waals surface area contributed by atoms with Gasteiger partial charge in [-0.05, 0) is 37.1 Å². The third kappa shape index (κ3) is 3.76. The van der Waals surface area contributed by atoms with E-state index in [2.05, 4.69) is 13.2 Å². The van der Waals surface area contributed by atoms with Crippen LogP contribution in [-0.4, -0.2) is 71.8 Å². The molecule has 1 spiro atoms. The van der Waals surface area contributed by atoms with Crippen LogP contribution in [0.2, 0.25) is 5.02 Å². The topological polar surface area (TPSA) is 96.4 Å². The second kappa shape index (κ2) is 9.29. The number of nitrogens with zero attached hydrogens (tertiary/aromatic N) is 2. The molecule has 0 radical (unpaired) electrons. The summed E-state index contributed by atoms with van der Waals surface area (Å²) < 4.78 is 11.6. The van der Waals surface area contributed by atoms with Crippen LogP contribution in [0.4, 0.5) is 5.69 Å². The van der Waals surface area contributed by atoms with Crippen molar-refractivity contribution in [1.82, 2.24) is 4.90 Å². The number of esters is 1. The molecular formula is C24H27ClN2O6. The summed E-state index contributed by atoms with van der Waals surface area (Å²) in [4.78, 5) is 43.2. The fourth-order valence-electron chi connectivity index (χ4n) is 5.51. The van der Waals surface area contributed by atoms with E-state index < -0.39 is 35.6 Å². The van der Waals surface area contributed by atoms with Gasteiger partial charge in [-0.15, -0.1) is 6.58 Å². The van der Waals surface area contributed by atoms with Crippen LogP contribution >= 0.6 is 11.6 Å². The van der Waals surface area contributed by atoms with Crippen LogP contribution in [0.1, 0.15) is 12.8 Å². The summed E-state index contributed by atoms with van der Waals surface area (Å²) in [5.41, 5.74) is -0.562. The van der Waals surface area contributed by atoms with Crippen LogP contribution in [-0.2, 0) is 23.9 Å². The molecule has 176 valence electrons. The van der Waals surface area contributed by atoms with Crippen LogP contribution in [0.15, 0.2) is 49.6 Å². The average molecular weight is 475 g/mol. The molecule has 3 heterocycles. The molecule has 2 bridgehead atoms. The van der Waals surface area contributed by atoms with E-state index in [1.807, 2.05) is 0 Å². The number of amides is 2. The van der Waals surface area contributed by atoms with Crippen molar-refractivity contribution >= 4 is 35.1 Å². The highest BCUT2D eigenvalue weighted by atomic mass is 35.5. The molecule has 8 nitrogen and oxygen atoms in total. The summed E-state index contributed by atoms with van der Waals surface area (Å²) >= 11 is 6.01. The number of carbonyl (C=O) groups excluding carboxylic acids is 3. The first-order valence-corrected chi connectivity index (χ1v) is 11.3. The van der Waals surface area contributed by atoms with E-state index >= 15 is 0 Å². The summed E-state index contributed by atoms with van der Waals surface area (Å²) in [5, 5.41) is 10.2. The molecule has 3 saturated heterocycles. The van der Waals surface area contributed by atoms with Crippen molar-refractivity contribution in [2.45, 2.75) is 30.6 Å². The molecule has 2 unspecified atom stereocenters. The number of carbonyl (C=O) groups is 3. The van der Waals surface area contributed by atoms with Crippen LogP contribution in [0.5, 0.6) is 0 Å². The predicted molar refractivity (Wildman–Crippen MR) is 122 cm³/mol. The largest absolute Gasteiger partial charge is 0.461 e. The predicted octanol–water partition coefficient (Wildman–Crippen LogP) is 1.96. The molecule has 3 aliphatic rings. The van der Waals surface area contributed by atoms with E-state index in [1.54, 1.807) is 30.3 Å². The Bertz CT molecular complexity index is 966. The molecule has 9 heteroatoms. The maximum absolute atomic E-state index is 14.0. The van der Waals surface area contributed by atoms with E-state index in [4.69, 9.17) is 21.1 Å². The molecular weight excluding hydrogens is 448 g/mol. The van der Waals surface area contributed by atoms with E-state index in [1.165, 1.54) is 15.9 Å². The lowest BCUT2D eigenvalue weighted by molar-refractivity contribution is -0.154. The number of ether oxygens (including phenoxy) is 2. The fraction of sp³-hybridized carbons (Fsp3) is 0.458. The maximum atomic E-state index is 14.0. The minimum atomic E-state index is -1.16. The zero-order valence-electron chi connectivity index (χ0n) is 18.2. The molecule has 1 N–H and O–H groups in total. The highest BCUT2D eigenvalue weighted by Crippen LogP contribution is 2.58. The summed E-state index contributed by atoms with van der Waals surface area (Å²) in [6.45, 7) is 7.17. The second-order valence-electron chi connectivity index (χ2n) is 8.44. The third-order valence-corrected chi connectivity index (χ3v) is 6.96. The van der Waals surface area contributed by atoms with Crippen molar-refractivity contribution < 1.29 is 29.0 Å². The lowest BCUT2D eigenvalue weighted by Gasteiger charge is -2.36. The van der Waals surface area contributed by atoms with Gasteiger partial charge in [0, 0.05) is 23.8 Å². The smallest absolute Gasteiger partial charge is 0.312 e. The number of hydrogen-bond donors (Lipinski definition) is 1. The van der Waals surface area contributed by atoms with Gasteiger partial charge in [-0.25, -0.2) is 0 Å². The summed E-state index contributed by atoms with van der Waals surface area (Å²) in [6.07, 6.45) is 3.56. The second-order valence-corrected chi connectivity index (χ2v) is 8.88. The highest BCUT2D eigenvalue weighted by Gasteiger charge is 2.75. The number of aliphatic hydroxyl groups is 1. The number of aliphatic hydroxyl groups excluding tert-OH is 1. The molecule has 33 heavy (non-hydrogen) atoms. The van der Waals surface area contributed by atoms with Crippen molar-refractivity contribution in [2.24, 2.45) is 11.8 Å². The number of anilines is 1. The lowest BCUT2D eigenvalue weighted by atomic mass is 9.70. The van der Waals surface area contributed by atoms with Crippen molar-refractivity contribution in [2.75, 3.05) is 31.2 Å². The van der Waals surface area contributed by atoms with Gasteiger partial charge in [-0.2, -0.15) is 0 Å². The van der Waals surface area contributed by atoms with Gasteiger partial charge < -0.3 is 24.4 Å². The van der Waals surface area contributed by atoms with Crippen LogP contribution in [0, 0.1) is 11.8 Å². The minimum Gasteiger partial charge on any atom is -0.461 e. The Balaban J connectivity index is 1.73. The van der Waals surface area contributed by atoms with Gasteiger partial charge in [0.15, 0.2) is 0 Å². The SMILES string of the molecule is C=CCOC(=O)[C@@H]1[C@@H]2CCC3(O2)C(C(=O)N(CC=C)c2ccc(Cl)cc2)N(CCO)C(=O)[C@H]13. The molecule has 1 aromatic carbocycles. The van der Waals surface area contributed by atoms with Crippen LogP contribution in [0.25, 0.3) is 0 Å². The molecule has 0 aliphatic carbocycles. The van der Waals surface area contributed by atoms with Gasteiger partial charge in [0.2, 0.25) is 5.91 Å². The Labute approximate surface area is 197 Å². The normalized spacial score (nSPS) is 29.6. The molecule has 0 aromatic heterocycles. The molecule has 0 saturated carbocycles. The molecule has 1 aromatic rings. The van der Waals surface area contributed by atoms with Crippen molar-refractivity contribution in [3.63, 3.8) is 0 Å². The molecule has 5 atom stereocenters. The quantitative estimate of drug-likeness (QED) is 0.434. The number of rotatable bonds is 9. The fourth-order valence-corrected chi connectivity index (χ4v) is 5.63. The number of halogens is 1. The average Bonchev–Trinajstić information content (AvgIpc) is 3.44. The Hall–Kier alpha value is -2.68. The number of likely N-dealkylation sites (tertiary alicyclic amines) is 1. The maximum Gasteiger partial charge on any atom is 0.312 e. The van der Waals surface area contributed by atoms with Gasteiger partial charge >= 0.3 is 5.97 Å². The van der Waals surface area contributed by atoms with E-state index in [9.17, 15) is 19.5 Å². The molecule has 4 rings (SSSR count). The van der Waals surface area contributed by atoms with E-state index in [0.29, 0.717) is 23.6 Å². The number of β-amino-alcohol motifs (C(OH)–C–C–N with tert-alkyl or cyclic N) is 1. The van der Waals surface area contributed by atoms with Gasteiger partial charge in [-0.3, -0.25) is 14.4 Å². The summed E-state index contributed by atoms with van der Waals surface area (Å²) in [6, 6.07) is 5.80. The van der Waals surface area contributed by atoms with Gasteiger partial charge in [0.05, 0.1) is 24.5 Å². The van der Waals surface area contributed by atoms with E-state index in [0.717, 1.165) is 0 Å². The summed E-state index contributed by atoms with van der Waals surface area (Å²) in [7, 11) is 0. The number of benzene rings is 1. The number of fused-ring (bicyclic) bond motifs is 1. The Morgan fingerprint density at radius 1 is 1.30 bits per heavy atom. The molecule has 3 aliphatic heterocycles. The minimum absolute atomic E-state index is 0.0301. The van der Waals surface area contributed by atoms with Gasteiger partial charge in [0.1, 0.15) is 18.2 Å². The lowest BCUT2D eigenvalue weighted by Crippen LogP contribution is -2.56. The van der Waals surface area contributed by atoms with Crippen molar-refractivity contribution in [1.29, 1.82) is 0 Å². The zero-order chi connectivity index (χ0) is 23.8. The van der Waals surface area contributed by atoms with Crippen molar-refractivity contribution in [3.8, 4) is 0 Å². The first-order chi connectivity index (χ1) is 15.9. The van der Waals surface area contributed by atoms with Gasteiger partial charge in [-0.1, -0.05) is 30.3 Å². The first-order valence-electron chi connectivity index (χ1n) is 10.9. The zero-order valence-corrected chi connectivity index (χ0v) is 18.9. The summed E-state index contributed by atoms with van der Waals surface area (Å²) in [5.74, 6) is -2.90. The van der Waals surface area contributed by atoms with Gasteiger partial charge in [0.25, 0.3) is 5.91 Å². The third-order valence-electron chi connectivity index (χ3n) is 6.71. The Kier molecular flexibility index (Phi) is 6.61. The van der Waals surface area contributed by atoms with Crippen molar-refractivity contribution in [3.05, 3.63) is 54.6 Å². The monoisotopic (exact) mass is 474 g/mol. The standard InChI is InChI=1S/C24H27ClN2O6/c1-3-11-26(16-7-5-15(25)6-8-16)22(30)20-24-10-9-17(33-24)18(23(31)32-14-4-2)19(24)21(29)27(20)12-13-28/h3-8,17-20,28H,1-2,9-14H2/t17-,18+,19-,20?,24?/m0/s1.